The largest absolute Gasteiger partial charge is 0.304 e. The van der Waals surface area contributed by atoms with Crippen LogP contribution in [0.5, 0.6) is 0 Å². The van der Waals surface area contributed by atoms with E-state index in [0.717, 1.165) is 42.4 Å². The number of carbonyl (C=O) groups is 1. The molecule has 0 saturated carbocycles. The van der Waals surface area contributed by atoms with Gasteiger partial charge < -0.3 is 4.90 Å². The van der Waals surface area contributed by atoms with Gasteiger partial charge >= 0.3 is 0 Å². The fraction of sp³-hybridized carbons (Fsp3) is 0.412. The third kappa shape index (κ3) is 2.82. The summed E-state index contributed by atoms with van der Waals surface area (Å²) in [5, 5.41) is 2.02. The average Bonchev–Trinajstić information content (AvgIpc) is 2.67. The Hall–Kier alpha value is -1.78. The van der Waals surface area contributed by atoms with Gasteiger partial charge in [-0.1, -0.05) is 24.3 Å². The molecule has 0 radical (unpaired) electrons. The first-order chi connectivity index (χ1) is 10.2. The molecule has 1 atom stereocenters. The molecule has 1 aromatic heterocycles. The van der Waals surface area contributed by atoms with Crippen molar-refractivity contribution in [3.63, 3.8) is 0 Å². The van der Waals surface area contributed by atoms with Crippen LogP contribution in [0.1, 0.15) is 16.8 Å². The van der Waals surface area contributed by atoms with Crippen LogP contribution in [0.2, 0.25) is 0 Å². The SMILES string of the molecule is CN1CCCN(C)C(C(=O)c2cncc3ccccc23)C1. The monoisotopic (exact) mass is 283 g/mol. The smallest absolute Gasteiger partial charge is 0.183 e. The van der Waals surface area contributed by atoms with E-state index < -0.39 is 0 Å². The third-order valence-electron chi connectivity index (χ3n) is 4.30. The third-order valence-corrected chi connectivity index (χ3v) is 4.30. The predicted molar refractivity (Wildman–Crippen MR) is 84.6 cm³/mol. The number of hydrogen-bond donors (Lipinski definition) is 0. The number of nitrogens with zero attached hydrogens (tertiary/aromatic N) is 3. The number of hydrogen-bond acceptors (Lipinski definition) is 4. The van der Waals surface area contributed by atoms with Crippen molar-refractivity contribution in [2.24, 2.45) is 0 Å². The molecule has 0 amide bonds. The van der Waals surface area contributed by atoms with Gasteiger partial charge in [-0.15, -0.1) is 0 Å². The molecule has 0 aliphatic carbocycles. The molecular weight excluding hydrogens is 262 g/mol. The van der Waals surface area contributed by atoms with Crippen LogP contribution < -0.4 is 0 Å². The van der Waals surface area contributed by atoms with Gasteiger partial charge in [0.15, 0.2) is 5.78 Å². The number of rotatable bonds is 2. The lowest BCUT2D eigenvalue weighted by atomic mass is 9.99. The van der Waals surface area contributed by atoms with Crippen molar-refractivity contribution in [2.45, 2.75) is 12.5 Å². The second-order valence-corrected chi connectivity index (χ2v) is 5.88. The number of benzene rings is 1. The van der Waals surface area contributed by atoms with Crippen molar-refractivity contribution in [1.82, 2.24) is 14.8 Å². The normalized spacial score (nSPS) is 21.3. The van der Waals surface area contributed by atoms with E-state index in [-0.39, 0.29) is 11.8 Å². The molecule has 1 aliphatic rings. The summed E-state index contributed by atoms with van der Waals surface area (Å²) in [6.07, 6.45) is 4.63. The van der Waals surface area contributed by atoms with Crippen LogP contribution in [0.4, 0.5) is 0 Å². The summed E-state index contributed by atoms with van der Waals surface area (Å²) in [6, 6.07) is 7.86. The summed E-state index contributed by atoms with van der Waals surface area (Å²) in [5.74, 6) is 0.176. The Bertz CT molecular complexity index is 650. The van der Waals surface area contributed by atoms with Gasteiger partial charge in [-0.3, -0.25) is 14.7 Å². The van der Waals surface area contributed by atoms with E-state index in [1.54, 1.807) is 6.20 Å². The minimum atomic E-state index is -0.0925. The maximum Gasteiger partial charge on any atom is 0.183 e. The summed E-state index contributed by atoms with van der Waals surface area (Å²) in [6.45, 7) is 2.78. The van der Waals surface area contributed by atoms with Gasteiger partial charge in [0.1, 0.15) is 0 Å². The van der Waals surface area contributed by atoms with Crippen molar-refractivity contribution in [3.8, 4) is 0 Å². The maximum absolute atomic E-state index is 13.0. The van der Waals surface area contributed by atoms with E-state index in [1.165, 1.54) is 0 Å². The molecule has 3 rings (SSSR count). The molecule has 1 aromatic carbocycles. The van der Waals surface area contributed by atoms with Gasteiger partial charge in [0.05, 0.1) is 6.04 Å². The van der Waals surface area contributed by atoms with E-state index >= 15 is 0 Å². The van der Waals surface area contributed by atoms with Gasteiger partial charge in [0.2, 0.25) is 0 Å². The molecule has 2 aromatic rings. The molecule has 0 N–H and O–H groups in total. The first-order valence-corrected chi connectivity index (χ1v) is 7.42. The molecular formula is C17H21N3O. The van der Waals surface area contributed by atoms with Crippen LogP contribution in [0.3, 0.4) is 0 Å². The molecule has 0 bridgehead atoms. The highest BCUT2D eigenvalue weighted by Crippen LogP contribution is 2.20. The van der Waals surface area contributed by atoms with Crippen molar-refractivity contribution in [2.75, 3.05) is 33.7 Å². The molecule has 110 valence electrons. The van der Waals surface area contributed by atoms with E-state index in [4.69, 9.17) is 0 Å². The van der Waals surface area contributed by atoms with Gasteiger partial charge in [0, 0.05) is 29.9 Å². The molecule has 21 heavy (non-hydrogen) atoms. The zero-order chi connectivity index (χ0) is 14.8. The molecule has 1 saturated heterocycles. The standard InChI is InChI=1S/C17H21N3O/c1-19-8-5-9-20(2)16(12-19)17(21)15-11-18-10-13-6-3-4-7-14(13)15/h3-4,6-7,10-11,16H,5,8-9,12H2,1-2H3. The number of carbonyl (C=O) groups excluding carboxylic acids is 1. The second-order valence-electron chi connectivity index (χ2n) is 5.88. The zero-order valence-electron chi connectivity index (χ0n) is 12.6. The maximum atomic E-state index is 13.0. The number of pyridine rings is 1. The van der Waals surface area contributed by atoms with Crippen LogP contribution in [-0.4, -0.2) is 60.3 Å². The number of ketones is 1. The van der Waals surface area contributed by atoms with Gasteiger partial charge in [-0.2, -0.15) is 0 Å². The van der Waals surface area contributed by atoms with Crippen LogP contribution in [0.25, 0.3) is 10.8 Å². The first-order valence-electron chi connectivity index (χ1n) is 7.42. The minimum Gasteiger partial charge on any atom is -0.304 e. The molecule has 1 aliphatic heterocycles. The lowest BCUT2D eigenvalue weighted by Crippen LogP contribution is -2.43. The van der Waals surface area contributed by atoms with Crippen molar-refractivity contribution < 1.29 is 4.79 Å². The van der Waals surface area contributed by atoms with Crippen molar-refractivity contribution in [3.05, 3.63) is 42.2 Å². The predicted octanol–water partition coefficient (Wildman–Crippen LogP) is 2.05. The summed E-state index contributed by atoms with van der Waals surface area (Å²) >= 11 is 0. The molecule has 1 unspecified atom stereocenters. The van der Waals surface area contributed by atoms with Crippen LogP contribution in [-0.2, 0) is 0 Å². The van der Waals surface area contributed by atoms with Crippen LogP contribution in [0, 0.1) is 0 Å². The Kier molecular flexibility index (Phi) is 3.99. The Labute approximate surface area is 125 Å². The number of likely N-dealkylation sites (N-methyl/N-ethyl adjacent to an activating group) is 2. The molecule has 1 fully saturated rings. The Morgan fingerprint density at radius 3 is 2.86 bits per heavy atom. The molecule has 0 spiro atoms. The van der Waals surface area contributed by atoms with E-state index in [2.05, 4.69) is 21.8 Å². The number of fused-ring (bicyclic) bond motifs is 1. The summed E-state index contributed by atoms with van der Waals surface area (Å²) in [4.78, 5) is 21.7. The average molecular weight is 283 g/mol. The summed E-state index contributed by atoms with van der Waals surface area (Å²) in [5.41, 5.74) is 0.736. The van der Waals surface area contributed by atoms with E-state index in [1.807, 2.05) is 37.5 Å². The Balaban J connectivity index is 1.99. The van der Waals surface area contributed by atoms with E-state index in [9.17, 15) is 4.79 Å². The fourth-order valence-electron chi connectivity index (χ4n) is 3.05. The summed E-state index contributed by atoms with van der Waals surface area (Å²) in [7, 11) is 4.13. The minimum absolute atomic E-state index is 0.0925. The zero-order valence-corrected chi connectivity index (χ0v) is 12.6. The number of aromatic nitrogens is 1. The Morgan fingerprint density at radius 1 is 1.19 bits per heavy atom. The second kappa shape index (κ2) is 5.92. The molecule has 4 nitrogen and oxygen atoms in total. The van der Waals surface area contributed by atoms with Gasteiger partial charge in [0.25, 0.3) is 0 Å². The molecule has 4 heteroatoms. The highest BCUT2D eigenvalue weighted by molar-refractivity contribution is 6.10. The van der Waals surface area contributed by atoms with Crippen LogP contribution >= 0.6 is 0 Å². The van der Waals surface area contributed by atoms with E-state index in [0.29, 0.717) is 0 Å². The summed E-state index contributed by atoms with van der Waals surface area (Å²) < 4.78 is 0. The van der Waals surface area contributed by atoms with Gasteiger partial charge in [-0.05, 0) is 39.0 Å². The van der Waals surface area contributed by atoms with Crippen LogP contribution in [0.15, 0.2) is 36.7 Å². The molecule has 2 heterocycles. The van der Waals surface area contributed by atoms with Crippen molar-refractivity contribution >= 4 is 16.6 Å². The lowest BCUT2D eigenvalue weighted by molar-refractivity contribution is 0.0841. The quantitative estimate of drug-likeness (QED) is 0.791. The van der Waals surface area contributed by atoms with Gasteiger partial charge in [-0.25, -0.2) is 0 Å². The topological polar surface area (TPSA) is 36.4 Å². The highest BCUT2D eigenvalue weighted by Gasteiger charge is 2.28. The Morgan fingerprint density at radius 2 is 2.00 bits per heavy atom. The lowest BCUT2D eigenvalue weighted by Gasteiger charge is -2.26. The first kappa shape index (κ1) is 14.2. The number of Topliss-reactive ketones (excluding diaryl/α,β-unsaturated/α-hetero) is 1. The van der Waals surface area contributed by atoms with Crippen molar-refractivity contribution in [1.29, 1.82) is 0 Å². The fourth-order valence-corrected chi connectivity index (χ4v) is 3.05. The highest BCUT2D eigenvalue weighted by atomic mass is 16.1.